The number of nitrogens with one attached hydrogen (secondary N) is 2. The Bertz CT molecular complexity index is 1120. The molecule has 5 rings (SSSR count). The van der Waals surface area contributed by atoms with Crippen LogP contribution in [0.1, 0.15) is 33.9 Å². The quantitative estimate of drug-likeness (QED) is 0.457. The summed E-state index contributed by atoms with van der Waals surface area (Å²) < 4.78 is 0. The van der Waals surface area contributed by atoms with Gasteiger partial charge in [-0.1, -0.05) is 36.4 Å². The van der Waals surface area contributed by atoms with Crippen molar-refractivity contribution in [3.05, 3.63) is 94.6 Å². The highest BCUT2D eigenvalue weighted by Crippen LogP contribution is 2.22. The van der Waals surface area contributed by atoms with Crippen LogP contribution in [-0.2, 0) is 12.8 Å². The highest BCUT2D eigenvalue weighted by Gasteiger charge is 2.11. The Hall–Kier alpha value is -3.40. The van der Waals surface area contributed by atoms with Gasteiger partial charge >= 0.3 is 0 Å². The number of nitrogens with zero attached hydrogens (tertiary/aromatic N) is 2. The lowest BCUT2D eigenvalue weighted by Crippen LogP contribution is -2.00. The summed E-state index contributed by atoms with van der Waals surface area (Å²) in [5.41, 5.74) is 9.42. The smallest absolute Gasteiger partial charge is 0.111 e. The number of imidazole rings is 2. The van der Waals surface area contributed by atoms with Crippen LogP contribution in [0.15, 0.2) is 60.7 Å². The number of H-pyrrole nitrogens is 2. The van der Waals surface area contributed by atoms with Crippen LogP contribution in [0.25, 0.3) is 22.1 Å². The molecule has 2 aromatic heterocycles. The number of aromatic nitrogens is 4. The summed E-state index contributed by atoms with van der Waals surface area (Å²) in [5, 5.41) is 0. The summed E-state index contributed by atoms with van der Waals surface area (Å²) in [7, 11) is 0. The van der Waals surface area contributed by atoms with Crippen molar-refractivity contribution in [1.82, 2.24) is 19.9 Å². The highest BCUT2D eigenvalue weighted by molar-refractivity contribution is 5.75. The zero-order chi connectivity index (χ0) is 19.1. The summed E-state index contributed by atoms with van der Waals surface area (Å²) in [6.45, 7) is 4.36. The molecule has 0 fully saturated rings. The predicted octanol–water partition coefficient (Wildman–Crippen LogP) is 5.24. The van der Waals surface area contributed by atoms with Crippen molar-refractivity contribution in [3.63, 3.8) is 0 Å². The summed E-state index contributed by atoms with van der Waals surface area (Å²) in [6, 6.07) is 20.9. The van der Waals surface area contributed by atoms with Gasteiger partial charge in [0.1, 0.15) is 11.6 Å². The standard InChI is InChI=1S/C24H22N4/c1-15-11-18(14-24-27-21-9-5-6-10-22(21)28-24)16(2)12-17(15)13-23-25-19-7-3-4-8-20(19)26-23/h3-12H,13-14H2,1-2H3,(H,25,26)(H,27,28). The third-order valence-electron chi connectivity index (χ3n) is 5.39. The van der Waals surface area contributed by atoms with Crippen LogP contribution < -0.4 is 0 Å². The van der Waals surface area contributed by atoms with Crippen molar-refractivity contribution >= 4 is 22.1 Å². The Kier molecular flexibility index (Phi) is 3.97. The molecule has 138 valence electrons. The molecule has 3 aromatic carbocycles. The molecule has 4 heteroatoms. The molecular formula is C24H22N4. The maximum absolute atomic E-state index is 4.72. The molecular weight excluding hydrogens is 344 g/mol. The van der Waals surface area contributed by atoms with Crippen molar-refractivity contribution in [2.75, 3.05) is 0 Å². The van der Waals surface area contributed by atoms with E-state index in [1.807, 2.05) is 36.4 Å². The van der Waals surface area contributed by atoms with Gasteiger partial charge in [-0.05, 0) is 60.4 Å². The molecule has 0 saturated carbocycles. The molecule has 5 aromatic rings. The number of fused-ring (bicyclic) bond motifs is 2. The molecule has 0 amide bonds. The average molecular weight is 366 g/mol. The van der Waals surface area contributed by atoms with Gasteiger partial charge in [-0.15, -0.1) is 0 Å². The SMILES string of the molecule is Cc1cc(Cc2nc3ccccc3[nH]2)c(C)cc1Cc1nc2ccccc2[nH]1. The monoisotopic (exact) mass is 366 g/mol. The first-order chi connectivity index (χ1) is 13.7. The molecule has 0 radical (unpaired) electrons. The number of aromatic amines is 2. The van der Waals surface area contributed by atoms with Gasteiger partial charge in [-0.3, -0.25) is 0 Å². The first kappa shape index (κ1) is 16.8. The van der Waals surface area contributed by atoms with E-state index in [1.165, 1.54) is 22.3 Å². The van der Waals surface area contributed by atoms with E-state index in [0.29, 0.717) is 0 Å². The van der Waals surface area contributed by atoms with Gasteiger partial charge in [0.2, 0.25) is 0 Å². The third kappa shape index (κ3) is 3.07. The molecule has 0 aliphatic rings. The van der Waals surface area contributed by atoms with Gasteiger partial charge in [0.05, 0.1) is 22.1 Å². The summed E-state index contributed by atoms with van der Waals surface area (Å²) in [6.07, 6.45) is 1.62. The van der Waals surface area contributed by atoms with Gasteiger partial charge in [0, 0.05) is 12.8 Å². The zero-order valence-corrected chi connectivity index (χ0v) is 16.1. The van der Waals surface area contributed by atoms with Crippen LogP contribution >= 0.6 is 0 Å². The van der Waals surface area contributed by atoms with Crippen molar-refractivity contribution < 1.29 is 0 Å². The molecule has 28 heavy (non-hydrogen) atoms. The van der Waals surface area contributed by atoms with Crippen molar-refractivity contribution in [1.29, 1.82) is 0 Å². The molecule has 0 spiro atoms. The fraction of sp³-hybridized carbons (Fsp3) is 0.167. The molecule has 4 nitrogen and oxygen atoms in total. The normalized spacial score (nSPS) is 11.5. The molecule has 0 aliphatic heterocycles. The number of para-hydroxylation sites is 4. The lowest BCUT2D eigenvalue weighted by Gasteiger charge is -2.11. The Balaban J connectivity index is 1.42. The highest BCUT2D eigenvalue weighted by atomic mass is 14.9. The molecule has 0 aliphatic carbocycles. The first-order valence-corrected chi connectivity index (χ1v) is 9.62. The van der Waals surface area contributed by atoms with Crippen LogP contribution in [-0.4, -0.2) is 19.9 Å². The second-order valence-electron chi connectivity index (χ2n) is 7.46. The molecule has 2 N–H and O–H groups in total. The number of aryl methyl sites for hydroxylation is 2. The minimum Gasteiger partial charge on any atom is -0.342 e. The Morgan fingerprint density at radius 2 is 1.07 bits per heavy atom. The van der Waals surface area contributed by atoms with E-state index in [2.05, 4.69) is 48.1 Å². The lowest BCUT2D eigenvalue weighted by molar-refractivity contribution is 0.992. The van der Waals surface area contributed by atoms with Gasteiger partial charge in [-0.2, -0.15) is 0 Å². The van der Waals surface area contributed by atoms with Crippen LogP contribution in [0.5, 0.6) is 0 Å². The number of hydrogen-bond donors (Lipinski definition) is 2. The zero-order valence-electron chi connectivity index (χ0n) is 16.1. The van der Waals surface area contributed by atoms with Crippen LogP contribution in [0, 0.1) is 13.8 Å². The number of rotatable bonds is 4. The Morgan fingerprint density at radius 1 is 0.643 bits per heavy atom. The predicted molar refractivity (Wildman–Crippen MR) is 114 cm³/mol. The molecule has 0 unspecified atom stereocenters. The molecule has 0 bridgehead atoms. The van der Waals surface area contributed by atoms with Gasteiger partial charge < -0.3 is 9.97 Å². The average Bonchev–Trinajstić information content (AvgIpc) is 3.28. The third-order valence-corrected chi connectivity index (χ3v) is 5.39. The van der Waals surface area contributed by atoms with Crippen LogP contribution in [0.4, 0.5) is 0 Å². The van der Waals surface area contributed by atoms with E-state index in [-0.39, 0.29) is 0 Å². The summed E-state index contributed by atoms with van der Waals surface area (Å²) in [5.74, 6) is 2.02. The van der Waals surface area contributed by atoms with E-state index in [4.69, 9.17) is 9.97 Å². The summed E-state index contributed by atoms with van der Waals surface area (Å²) >= 11 is 0. The largest absolute Gasteiger partial charge is 0.342 e. The second kappa shape index (κ2) is 6.64. The number of benzene rings is 3. The fourth-order valence-electron chi connectivity index (χ4n) is 3.86. The van der Waals surface area contributed by atoms with Crippen molar-refractivity contribution in [3.8, 4) is 0 Å². The fourth-order valence-corrected chi connectivity index (χ4v) is 3.86. The minimum atomic E-state index is 0.812. The van der Waals surface area contributed by atoms with Crippen molar-refractivity contribution in [2.45, 2.75) is 26.7 Å². The van der Waals surface area contributed by atoms with E-state index in [9.17, 15) is 0 Å². The minimum absolute atomic E-state index is 0.812. The van der Waals surface area contributed by atoms with Gasteiger partial charge in [0.25, 0.3) is 0 Å². The molecule has 2 heterocycles. The Morgan fingerprint density at radius 3 is 1.50 bits per heavy atom. The van der Waals surface area contributed by atoms with Gasteiger partial charge in [-0.25, -0.2) is 9.97 Å². The Labute approximate surface area is 163 Å². The summed E-state index contributed by atoms with van der Waals surface area (Å²) in [4.78, 5) is 16.3. The van der Waals surface area contributed by atoms with E-state index >= 15 is 0 Å². The van der Waals surface area contributed by atoms with E-state index in [0.717, 1.165) is 46.6 Å². The first-order valence-electron chi connectivity index (χ1n) is 9.62. The maximum Gasteiger partial charge on any atom is 0.111 e. The lowest BCUT2D eigenvalue weighted by atomic mass is 9.96. The van der Waals surface area contributed by atoms with E-state index < -0.39 is 0 Å². The maximum atomic E-state index is 4.72. The van der Waals surface area contributed by atoms with Crippen LogP contribution in [0.2, 0.25) is 0 Å². The molecule has 0 saturated heterocycles. The van der Waals surface area contributed by atoms with Crippen LogP contribution in [0.3, 0.4) is 0 Å². The van der Waals surface area contributed by atoms with Crippen molar-refractivity contribution in [2.24, 2.45) is 0 Å². The second-order valence-corrected chi connectivity index (χ2v) is 7.46. The number of hydrogen-bond acceptors (Lipinski definition) is 2. The van der Waals surface area contributed by atoms with E-state index in [1.54, 1.807) is 0 Å². The topological polar surface area (TPSA) is 57.4 Å². The molecule has 0 atom stereocenters. The van der Waals surface area contributed by atoms with Gasteiger partial charge in [0.15, 0.2) is 0 Å².